The van der Waals surface area contributed by atoms with Gasteiger partial charge < -0.3 is 19.3 Å². The molecule has 0 atom stereocenters. The van der Waals surface area contributed by atoms with Crippen molar-refractivity contribution in [2.45, 2.75) is 25.3 Å². The number of amides is 1. The van der Waals surface area contributed by atoms with Crippen molar-refractivity contribution >= 4 is 5.91 Å². The van der Waals surface area contributed by atoms with Gasteiger partial charge in [-0.2, -0.15) is 0 Å². The summed E-state index contributed by atoms with van der Waals surface area (Å²) in [5.74, 6) is 0.119. The number of rotatable bonds is 6. The summed E-state index contributed by atoms with van der Waals surface area (Å²) in [5.41, 5.74) is 0.122. The Morgan fingerprint density at radius 1 is 1.27 bits per heavy atom. The smallest absolute Gasteiger partial charge is 0.248 e. The number of ether oxygens (including phenoxy) is 2. The maximum absolute atomic E-state index is 12.1. The largest absolute Gasteiger partial charge is 0.378 e. The molecule has 0 radical (unpaired) electrons. The molecule has 2 rings (SSSR count). The Hall–Kier alpha value is -0.690. The first-order chi connectivity index (χ1) is 10.6. The predicted molar refractivity (Wildman–Crippen MR) is 86.0 cm³/mol. The van der Waals surface area contributed by atoms with Crippen LogP contribution in [0.25, 0.3) is 0 Å². The minimum atomic E-state index is 0.119. The van der Waals surface area contributed by atoms with Crippen molar-refractivity contribution in [3.8, 4) is 0 Å². The van der Waals surface area contributed by atoms with Crippen molar-refractivity contribution in [3.63, 3.8) is 0 Å². The fraction of sp³-hybridized carbons (Fsp3) is 0.938. The third-order valence-corrected chi connectivity index (χ3v) is 4.84. The third-order valence-electron chi connectivity index (χ3n) is 4.84. The van der Waals surface area contributed by atoms with Gasteiger partial charge in [0.25, 0.3) is 0 Å². The maximum atomic E-state index is 12.1. The Morgan fingerprint density at radius 3 is 2.64 bits per heavy atom. The van der Waals surface area contributed by atoms with Gasteiger partial charge in [0.15, 0.2) is 0 Å². The number of hydrogen-bond acceptors (Lipinski definition) is 5. The number of piperidine rings is 1. The van der Waals surface area contributed by atoms with Gasteiger partial charge in [0.1, 0.15) is 6.61 Å². The number of carbonyl (C=O) groups is 1. The second-order valence-electron chi connectivity index (χ2n) is 6.59. The van der Waals surface area contributed by atoms with Crippen molar-refractivity contribution in [3.05, 3.63) is 0 Å². The van der Waals surface area contributed by atoms with E-state index in [-0.39, 0.29) is 18.1 Å². The lowest BCUT2D eigenvalue weighted by molar-refractivity contribution is -0.143. The van der Waals surface area contributed by atoms with E-state index in [0.717, 1.165) is 58.8 Å². The van der Waals surface area contributed by atoms with Gasteiger partial charge >= 0.3 is 0 Å². The summed E-state index contributed by atoms with van der Waals surface area (Å²) in [6, 6.07) is 0. The van der Waals surface area contributed by atoms with E-state index in [1.807, 2.05) is 11.8 Å². The second-order valence-corrected chi connectivity index (χ2v) is 6.59. The number of hydrogen-bond donors (Lipinski definition) is 0. The van der Waals surface area contributed by atoms with Crippen LogP contribution >= 0.6 is 0 Å². The third kappa shape index (κ3) is 4.41. The molecule has 0 aliphatic carbocycles. The highest BCUT2D eigenvalue weighted by molar-refractivity contribution is 5.77. The number of likely N-dealkylation sites (tertiary alicyclic amines) is 1. The van der Waals surface area contributed by atoms with Crippen molar-refractivity contribution in [1.82, 2.24) is 14.7 Å². The Morgan fingerprint density at radius 2 is 2.00 bits per heavy atom. The molecule has 0 N–H and O–H groups in total. The lowest BCUT2D eigenvalue weighted by Gasteiger charge is -2.51. The van der Waals surface area contributed by atoms with Gasteiger partial charge in [0.05, 0.1) is 13.2 Å². The SMILES string of the molecule is CCOCC(=O)N1CCC2(CC1)COCCN2CCN(C)C. The van der Waals surface area contributed by atoms with Gasteiger partial charge in [0.2, 0.25) is 5.91 Å². The molecular formula is C16H31N3O3. The molecule has 0 saturated carbocycles. The molecule has 6 heteroatoms. The summed E-state index contributed by atoms with van der Waals surface area (Å²) in [5, 5.41) is 0. The molecule has 2 aliphatic rings. The highest BCUT2D eigenvalue weighted by atomic mass is 16.5. The van der Waals surface area contributed by atoms with Crippen LogP contribution in [0.5, 0.6) is 0 Å². The Kier molecular flexibility index (Phi) is 6.62. The number of nitrogens with zero attached hydrogens (tertiary/aromatic N) is 3. The standard InChI is InChI=1S/C16H31N3O3/c1-4-21-13-15(20)18-7-5-16(6-8-18)14-22-12-11-19(16)10-9-17(2)3/h4-14H2,1-3H3. The summed E-state index contributed by atoms with van der Waals surface area (Å²) >= 11 is 0. The van der Waals surface area contributed by atoms with Gasteiger partial charge in [-0.3, -0.25) is 9.69 Å². The summed E-state index contributed by atoms with van der Waals surface area (Å²) < 4.78 is 11.0. The average Bonchev–Trinajstić information content (AvgIpc) is 2.52. The first kappa shape index (κ1) is 17.7. The molecule has 0 unspecified atom stereocenters. The zero-order valence-corrected chi connectivity index (χ0v) is 14.3. The average molecular weight is 313 g/mol. The fourth-order valence-electron chi connectivity index (χ4n) is 3.35. The van der Waals surface area contributed by atoms with Crippen molar-refractivity contribution in [2.24, 2.45) is 0 Å². The fourth-order valence-corrected chi connectivity index (χ4v) is 3.35. The van der Waals surface area contributed by atoms with Crippen LogP contribution in [0.15, 0.2) is 0 Å². The quantitative estimate of drug-likeness (QED) is 0.705. The van der Waals surface area contributed by atoms with Crippen LogP contribution in [0.1, 0.15) is 19.8 Å². The summed E-state index contributed by atoms with van der Waals surface area (Å²) in [4.78, 5) is 18.8. The van der Waals surface area contributed by atoms with Crippen LogP contribution < -0.4 is 0 Å². The normalized spacial score (nSPS) is 22.5. The minimum Gasteiger partial charge on any atom is -0.378 e. The number of carbonyl (C=O) groups excluding carboxylic acids is 1. The molecule has 22 heavy (non-hydrogen) atoms. The Bertz CT molecular complexity index is 355. The van der Waals surface area contributed by atoms with Crippen LogP contribution in [-0.2, 0) is 14.3 Å². The highest BCUT2D eigenvalue weighted by Crippen LogP contribution is 2.31. The summed E-state index contributed by atoms with van der Waals surface area (Å²) in [6.07, 6.45) is 2.00. The van der Waals surface area contributed by atoms with Gasteiger partial charge in [-0.05, 0) is 33.9 Å². The topological polar surface area (TPSA) is 45.2 Å². The van der Waals surface area contributed by atoms with E-state index < -0.39 is 0 Å². The number of morpholine rings is 1. The van der Waals surface area contributed by atoms with Crippen molar-refractivity contribution in [1.29, 1.82) is 0 Å². The zero-order valence-electron chi connectivity index (χ0n) is 14.3. The van der Waals surface area contributed by atoms with Crippen LogP contribution in [0, 0.1) is 0 Å². The van der Waals surface area contributed by atoms with Gasteiger partial charge in [0, 0.05) is 44.9 Å². The predicted octanol–water partition coefficient (Wildman–Crippen LogP) is 0.278. The molecule has 6 nitrogen and oxygen atoms in total. The van der Waals surface area contributed by atoms with Crippen LogP contribution in [0.4, 0.5) is 0 Å². The monoisotopic (exact) mass is 313 g/mol. The first-order valence-electron chi connectivity index (χ1n) is 8.40. The second kappa shape index (κ2) is 8.24. The Balaban J connectivity index is 1.89. The maximum Gasteiger partial charge on any atom is 0.248 e. The van der Waals surface area contributed by atoms with E-state index in [1.165, 1.54) is 0 Å². The lowest BCUT2D eigenvalue weighted by atomic mass is 9.85. The van der Waals surface area contributed by atoms with E-state index in [0.29, 0.717) is 6.61 Å². The lowest BCUT2D eigenvalue weighted by Crippen LogP contribution is -2.63. The van der Waals surface area contributed by atoms with Crippen LogP contribution in [0.2, 0.25) is 0 Å². The van der Waals surface area contributed by atoms with Gasteiger partial charge in [-0.1, -0.05) is 0 Å². The molecule has 1 amide bonds. The molecule has 0 aromatic rings. The van der Waals surface area contributed by atoms with Crippen molar-refractivity contribution < 1.29 is 14.3 Å². The molecule has 0 aromatic carbocycles. The van der Waals surface area contributed by atoms with E-state index in [4.69, 9.17) is 9.47 Å². The Labute approximate surface area is 134 Å². The van der Waals surface area contributed by atoms with Gasteiger partial charge in [-0.15, -0.1) is 0 Å². The minimum absolute atomic E-state index is 0.119. The zero-order chi connectivity index (χ0) is 16.0. The van der Waals surface area contributed by atoms with Crippen molar-refractivity contribution in [2.75, 3.05) is 73.2 Å². The molecule has 2 fully saturated rings. The summed E-state index contributed by atoms with van der Waals surface area (Å²) in [6.45, 7) is 9.11. The number of likely N-dealkylation sites (N-methyl/N-ethyl adjacent to an activating group) is 1. The molecule has 1 spiro atoms. The van der Waals surface area contributed by atoms with Gasteiger partial charge in [-0.25, -0.2) is 0 Å². The summed E-state index contributed by atoms with van der Waals surface area (Å²) in [7, 11) is 4.23. The molecule has 2 heterocycles. The molecule has 0 bridgehead atoms. The molecule has 2 saturated heterocycles. The molecule has 128 valence electrons. The van der Waals surface area contributed by atoms with E-state index >= 15 is 0 Å². The van der Waals surface area contributed by atoms with Crippen LogP contribution in [0.3, 0.4) is 0 Å². The first-order valence-corrected chi connectivity index (χ1v) is 8.40. The molecule has 0 aromatic heterocycles. The molecular weight excluding hydrogens is 282 g/mol. The van der Waals surface area contributed by atoms with E-state index in [9.17, 15) is 4.79 Å². The van der Waals surface area contributed by atoms with Crippen LogP contribution in [-0.4, -0.2) is 99.4 Å². The van der Waals surface area contributed by atoms with E-state index in [1.54, 1.807) is 0 Å². The van der Waals surface area contributed by atoms with E-state index in [2.05, 4.69) is 23.9 Å². The molecule has 2 aliphatic heterocycles. The highest BCUT2D eigenvalue weighted by Gasteiger charge is 2.42.